The molecule has 3 N–H and O–H groups in total. The van der Waals surface area contributed by atoms with Crippen molar-refractivity contribution in [1.82, 2.24) is 14.5 Å². The quantitative estimate of drug-likeness (QED) is 0.317. The van der Waals surface area contributed by atoms with E-state index in [4.69, 9.17) is 10.9 Å². The Bertz CT molecular complexity index is 347. The average molecular weight is 225 g/mol. The Morgan fingerprint density at radius 1 is 1.69 bits per heavy atom. The molecule has 0 amide bonds. The zero-order chi connectivity index (χ0) is 12.0. The minimum Gasteiger partial charge on any atom is -0.409 e. The zero-order valence-electron chi connectivity index (χ0n) is 9.80. The molecular weight excluding hydrogens is 206 g/mol. The number of nitrogens with zero attached hydrogens (tertiary/aromatic N) is 4. The van der Waals surface area contributed by atoms with Crippen LogP contribution in [0, 0.1) is 0 Å². The standard InChI is InChI=1S/C10H19N5O/c1-14(6-3-4-9(11)13-16)8-10-12-5-7-15(10)2/h5,7,16H,3-4,6,8H2,1-2H3,(H2,11,13). The molecule has 1 aromatic heterocycles. The van der Waals surface area contributed by atoms with Crippen LogP contribution in [0.15, 0.2) is 17.5 Å². The van der Waals surface area contributed by atoms with E-state index in [0.717, 1.165) is 25.3 Å². The van der Waals surface area contributed by atoms with Gasteiger partial charge in [0, 0.05) is 25.9 Å². The molecule has 1 rings (SSSR count). The van der Waals surface area contributed by atoms with Crippen molar-refractivity contribution in [1.29, 1.82) is 0 Å². The normalized spacial score (nSPS) is 12.3. The van der Waals surface area contributed by atoms with Crippen LogP contribution >= 0.6 is 0 Å². The van der Waals surface area contributed by atoms with Gasteiger partial charge in [0.1, 0.15) is 11.7 Å². The topological polar surface area (TPSA) is 79.7 Å². The van der Waals surface area contributed by atoms with Crippen LogP contribution in [0.1, 0.15) is 18.7 Å². The number of oxime groups is 1. The fourth-order valence-corrected chi connectivity index (χ4v) is 1.45. The van der Waals surface area contributed by atoms with Crippen LogP contribution < -0.4 is 5.73 Å². The van der Waals surface area contributed by atoms with E-state index < -0.39 is 0 Å². The van der Waals surface area contributed by atoms with Crippen LogP contribution in [0.4, 0.5) is 0 Å². The van der Waals surface area contributed by atoms with Gasteiger partial charge >= 0.3 is 0 Å². The molecule has 0 fully saturated rings. The molecule has 0 spiro atoms. The summed E-state index contributed by atoms with van der Waals surface area (Å²) in [6.45, 7) is 1.70. The maximum absolute atomic E-state index is 8.38. The van der Waals surface area contributed by atoms with Gasteiger partial charge in [-0.2, -0.15) is 0 Å². The number of nitrogens with two attached hydrogens (primary N) is 1. The maximum atomic E-state index is 8.38. The van der Waals surface area contributed by atoms with Crippen LogP contribution in [0.2, 0.25) is 0 Å². The van der Waals surface area contributed by atoms with E-state index in [1.165, 1.54) is 0 Å². The lowest BCUT2D eigenvalue weighted by atomic mass is 10.3. The van der Waals surface area contributed by atoms with E-state index in [0.29, 0.717) is 6.42 Å². The number of rotatable bonds is 6. The molecule has 0 aliphatic heterocycles. The first-order valence-electron chi connectivity index (χ1n) is 5.24. The van der Waals surface area contributed by atoms with Gasteiger partial charge in [-0.05, 0) is 20.0 Å². The number of imidazole rings is 1. The molecule has 1 heterocycles. The fraction of sp³-hybridized carbons (Fsp3) is 0.600. The second-order valence-electron chi connectivity index (χ2n) is 3.89. The zero-order valence-corrected chi connectivity index (χ0v) is 9.80. The van der Waals surface area contributed by atoms with E-state index in [1.54, 1.807) is 6.20 Å². The highest BCUT2D eigenvalue weighted by atomic mass is 16.4. The second kappa shape index (κ2) is 6.12. The Morgan fingerprint density at radius 2 is 2.44 bits per heavy atom. The number of amidine groups is 1. The maximum Gasteiger partial charge on any atom is 0.139 e. The minimum absolute atomic E-state index is 0.283. The summed E-state index contributed by atoms with van der Waals surface area (Å²) in [5.74, 6) is 1.32. The summed E-state index contributed by atoms with van der Waals surface area (Å²) in [6, 6.07) is 0. The first-order valence-corrected chi connectivity index (χ1v) is 5.24. The van der Waals surface area contributed by atoms with Gasteiger partial charge in [0.15, 0.2) is 0 Å². The summed E-state index contributed by atoms with van der Waals surface area (Å²) >= 11 is 0. The number of hydrogen-bond donors (Lipinski definition) is 2. The highest BCUT2D eigenvalue weighted by Crippen LogP contribution is 2.01. The van der Waals surface area contributed by atoms with Crippen molar-refractivity contribution in [2.75, 3.05) is 13.6 Å². The van der Waals surface area contributed by atoms with Crippen LogP contribution in [0.25, 0.3) is 0 Å². The van der Waals surface area contributed by atoms with Gasteiger partial charge in [-0.3, -0.25) is 4.90 Å². The van der Waals surface area contributed by atoms with Crippen LogP contribution in [-0.2, 0) is 13.6 Å². The van der Waals surface area contributed by atoms with Crippen LogP contribution in [0.5, 0.6) is 0 Å². The summed E-state index contributed by atoms with van der Waals surface area (Å²) in [5, 5.41) is 11.3. The van der Waals surface area contributed by atoms with Gasteiger partial charge in [0.2, 0.25) is 0 Å². The molecule has 90 valence electrons. The van der Waals surface area contributed by atoms with E-state index in [9.17, 15) is 0 Å². The number of aromatic nitrogens is 2. The molecule has 0 aromatic carbocycles. The van der Waals surface area contributed by atoms with E-state index in [2.05, 4.69) is 15.0 Å². The summed E-state index contributed by atoms with van der Waals surface area (Å²) < 4.78 is 2.00. The van der Waals surface area contributed by atoms with Crippen molar-refractivity contribution in [3.8, 4) is 0 Å². The first-order chi connectivity index (χ1) is 7.63. The molecule has 1 aromatic rings. The highest BCUT2D eigenvalue weighted by Gasteiger charge is 2.04. The summed E-state index contributed by atoms with van der Waals surface area (Å²) in [7, 11) is 4.01. The second-order valence-corrected chi connectivity index (χ2v) is 3.89. The Hall–Kier alpha value is -1.56. The summed E-state index contributed by atoms with van der Waals surface area (Å²) in [4.78, 5) is 6.41. The lowest BCUT2D eigenvalue weighted by Gasteiger charge is -2.15. The van der Waals surface area contributed by atoms with E-state index >= 15 is 0 Å². The third-order valence-electron chi connectivity index (χ3n) is 2.43. The summed E-state index contributed by atoms with van der Waals surface area (Å²) in [6.07, 6.45) is 5.21. The Labute approximate surface area is 95.4 Å². The van der Waals surface area contributed by atoms with Gasteiger partial charge in [-0.15, -0.1) is 0 Å². The molecule has 0 radical (unpaired) electrons. The van der Waals surface area contributed by atoms with Crippen LogP contribution in [0.3, 0.4) is 0 Å². The van der Waals surface area contributed by atoms with Crippen molar-refractivity contribution in [2.24, 2.45) is 17.9 Å². The Morgan fingerprint density at radius 3 is 3.00 bits per heavy atom. The molecule has 0 bridgehead atoms. The Balaban J connectivity index is 2.26. The smallest absolute Gasteiger partial charge is 0.139 e. The lowest BCUT2D eigenvalue weighted by molar-refractivity contribution is 0.306. The molecule has 0 atom stereocenters. The van der Waals surface area contributed by atoms with Crippen LogP contribution in [-0.4, -0.2) is 39.1 Å². The van der Waals surface area contributed by atoms with Gasteiger partial charge in [0.05, 0.1) is 6.54 Å². The van der Waals surface area contributed by atoms with Gasteiger partial charge in [0.25, 0.3) is 0 Å². The molecule has 0 saturated carbocycles. The molecule has 16 heavy (non-hydrogen) atoms. The number of aryl methyl sites for hydroxylation is 1. The average Bonchev–Trinajstić information content (AvgIpc) is 2.64. The van der Waals surface area contributed by atoms with Gasteiger partial charge in [-0.1, -0.05) is 5.16 Å². The molecule has 0 unspecified atom stereocenters. The highest BCUT2D eigenvalue weighted by molar-refractivity contribution is 5.79. The lowest BCUT2D eigenvalue weighted by Crippen LogP contribution is -2.22. The minimum atomic E-state index is 0.283. The molecule has 0 saturated heterocycles. The van der Waals surface area contributed by atoms with Crippen molar-refractivity contribution in [2.45, 2.75) is 19.4 Å². The monoisotopic (exact) mass is 225 g/mol. The van der Waals surface area contributed by atoms with Crippen molar-refractivity contribution in [3.63, 3.8) is 0 Å². The van der Waals surface area contributed by atoms with E-state index in [-0.39, 0.29) is 5.84 Å². The van der Waals surface area contributed by atoms with Crippen molar-refractivity contribution in [3.05, 3.63) is 18.2 Å². The summed E-state index contributed by atoms with van der Waals surface area (Å²) in [5.41, 5.74) is 5.38. The molecule has 6 heteroatoms. The first kappa shape index (κ1) is 12.5. The predicted molar refractivity (Wildman–Crippen MR) is 62.2 cm³/mol. The molecule has 0 aliphatic carbocycles. The van der Waals surface area contributed by atoms with Gasteiger partial charge < -0.3 is 15.5 Å². The largest absolute Gasteiger partial charge is 0.409 e. The SMILES string of the molecule is CN(CCCC(N)=NO)Cc1nccn1C. The van der Waals surface area contributed by atoms with Gasteiger partial charge in [-0.25, -0.2) is 4.98 Å². The third-order valence-corrected chi connectivity index (χ3v) is 2.43. The third kappa shape index (κ3) is 3.90. The van der Waals surface area contributed by atoms with Crippen molar-refractivity contribution >= 4 is 5.84 Å². The van der Waals surface area contributed by atoms with Crippen molar-refractivity contribution < 1.29 is 5.21 Å². The molecule has 6 nitrogen and oxygen atoms in total. The number of hydrogen-bond acceptors (Lipinski definition) is 4. The fourth-order valence-electron chi connectivity index (χ4n) is 1.45. The Kier molecular flexibility index (Phi) is 4.78. The predicted octanol–water partition coefficient (Wildman–Crippen LogP) is 0.378. The molecular formula is C10H19N5O. The van der Waals surface area contributed by atoms with E-state index in [1.807, 2.05) is 24.9 Å². The molecule has 0 aliphatic rings.